The molecule has 3 rings (SSSR count). The Hall–Kier alpha value is -1.58. The van der Waals surface area contributed by atoms with Gasteiger partial charge in [-0.25, -0.2) is 10.0 Å². The van der Waals surface area contributed by atoms with E-state index >= 15 is 0 Å². The van der Waals surface area contributed by atoms with Crippen molar-refractivity contribution in [1.82, 2.24) is 10.0 Å². The van der Waals surface area contributed by atoms with Gasteiger partial charge < -0.3 is 0 Å². The van der Waals surface area contributed by atoms with E-state index in [1.165, 1.54) is 0 Å². The third-order valence-electron chi connectivity index (χ3n) is 5.79. The van der Waals surface area contributed by atoms with Gasteiger partial charge in [-0.1, -0.05) is 37.8 Å². The molecule has 1 heterocycles. The van der Waals surface area contributed by atoms with Crippen LogP contribution in [0.1, 0.15) is 64.2 Å². The Balaban J connectivity index is 1.99. The van der Waals surface area contributed by atoms with E-state index in [9.17, 15) is 9.59 Å². The Morgan fingerprint density at radius 2 is 1.17 bits per heavy atom. The molecular weight excluding hydrogens is 288 g/mol. The van der Waals surface area contributed by atoms with Gasteiger partial charge in [0.15, 0.2) is 0 Å². The van der Waals surface area contributed by atoms with Gasteiger partial charge in [-0.2, -0.15) is 0 Å². The molecule has 0 unspecified atom stereocenters. The van der Waals surface area contributed by atoms with E-state index in [-0.39, 0.29) is 23.9 Å². The van der Waals surface area contributed by atoms with Crippen LogP contribution in [0.15, 0.2) is 25.3 Å². The lowest BCUT2D eigenvalue weighted by Crippen LogP contribution is -2.50. The molecule has 3 aliphatic rings. The molecule has 0 aromatic heterocycles. The molecule has 1 saturated heterocycles. The minimum atomic E-state index is -0.991. The molecule has 2 amide bonds. The van der Waals surface area contributed by atoms with Gasteiger partial charge in [-0.3, -0.25) is 9.59 Å². The van der Waals surface area contributed by atoms with Crippen molar-refractivity contribution in [3.63, 3.8) is 0 Å². The Morgan fingerprint density at radius 3 is 1.48 bits per heavy atom. The summed E-state index contributed by atoms with van der Waals surface area (Å²) in [5, 5.41) is 3.72. The van der Waals surface area contributed by atoms with Crippen LogP contribution in [0.5, 0.6) is 0 Å². The summed E-state index contributed by atoms with van der Waals surface area (Å²) in [6, 6.07) is 0.395. The van der Waals surface area contributed by atoms with Gasteiger partial charge >= 0.3 is 0 Å². The quantitative estimate of drug-likeness (QED) is 0.555. The van der Waals surface area contributed by atoms with Crippen molar-refractivity contribution in [2.45, 2.75) is 76.3 Å². The molecule has 2 aliphatic carbocycles. The number of hydrogen-bond acceptors (Lipinski definition) is 2. The number of carbonyl (C=O) groups is 2. The molecule has 0 aromatic rings. The molecule has 0 radical (unpaired) electrons. The van der Waals surface area contributed by atoms with E-state index in [2.05, 4.69) is 13.2 Å². The molecule has 23 heavy (non-hydrogen) atoms. The van der Waals surface area contributed by atoms with Gasteiger partial charge in [0.1, 0.15) is 5.41 Å². The van der Waals surface area contributed by atoms with Crippen molar-refractivity contribution < 1.29 is 9.59 Å². The van der Waals surface area contributed by atoms with Gasteiger partial charge in [0.05, 0.1) is 12.1 Å². The lowest BCUT2D eigenvalue weighted by Gasteiger charge is -2.36. The number of nitrogens with zero attached hydrogens (tertiary/aromatic N) is 2. The molecule has 0 aromatic carbocycles. The van der Waals surface area contributed by atoms with Crippen LogP contribution in [0.2, 0.25) is 0 Å². The minimum Gasteiger partial charge on any atom is -0.272 e. The molecular formula is C19H28N2O2. The first-order valence-electron chi connectivity index (χ1n) is 9.04. The van der Waals surface area contributed by atoms with Crippen LogP contribution in [0.4, 0.5) is 0 Å². The van der Waals surface area contributed by atoms with Crippen molar-refractivity contribution >= 4 is 11.8 Å². The molecule has 0 N–H and O–H groups in total. The van der Waals surface area contributed by atoms with Crippen molar-refractivity contribution in [2.75, 3.05) is 0 Å². The van der Waals surface area contributed by atoms with Crippen molar-refractivity contribution in [2.24, 2.45) is 5.41 Å². The molecule has 2 saturated carbocycles. The van der Waals surface area contributed by atoms with E-state index in [1.54, 1.807) is 12.2 Å². The topological polar surface area (TPSA) is 40.6 Å². The van der Waals surface area contributed by atoms with Crippen LogP contribution in [0.3, 0.4) is 0 Å². The maximum Gasteiger partial charge on any atom is 0.257 e. The van der Waals surface area contributed by atoms with Gasteiger partial charge in [-0.15, -0.1) is 13.2 Å². The maximum absolute atomic E-state index is 13.3. The summed E-state index contributed by atoms with van der Waals surface area (Å²) in [6.45, 7) is 7.58. The predicted octanol–water partition coefficient (Wildman–Crippen LogP) is 3.60. The standard InChI is InChI=1S/C19H28N2O2/c1-3-13-19(14-4-2)17(22)20(15-9-5-6-10-15)21(18(19)23)16-11-7-8-12-16/h3-4,15-16H,1-2,5-14H2. The second-order valence-corrected chi connectivity index (χ2v) is 7.24. The van der Waals surface area contributed by atoms with Crippen molar-refractivity contribution in [3.8, 4) is 0 Å². The third-order valence-corrected chi connectivity index (χ3v) is 5.79. The summed E-state index contributed by atoms with van der Waals surface area (Å²) in [6.07, 6.45) is 12.9. The highest BCUT2D eigenvalue weighted by Gasteiger charge is 2.60. The average Bonchev–Trinajstić information content (AvgIpc) is 3.26. The summed E-state index contributed by atoms with van der Waals surface area (Å²) in [4.78, 5) is 26.7. The molecule has 0 bridgehead atoms. The molecule has 4 heteroatoms. The minimum absolute atomic E-state index is 0.0129. The van der Waals surface area contributed by atoms with Crippen molar-refractivity contribution in [3.05, 3.63) is 25.3 Å². The predicted molar refractivity (Wildman–Crippen MR) is 90.3 cm³/mol. The first-order valence-corrected chi connectivity index (χ1v) is 9.04. The molecule has 0 spiro atoms. The Bertz CT molecular complexity index is 455. The zero-order chi connectivity index (χ0) is 16.4. The average molecular weight is 316 g/mol. The summed E-state index contributed by atoms with van der Waals surface area (Å²) in [5.74, 6) is -0.0257. The van der Waals surface area contributed by atoms with E-state index < -0.39 is 5.41 Å². The highest BCUT2D eigenvalue weighted by molar-refractivity contribution is 6.10. The first-order chi connectivity index (χ1) is 11.2. The van der Waals surface area contributed by atoms with E-state index in [0.29, 0.717) is 12.8 Å². The van der Waals surface area contributed by atoms with Crippen LogP contribution in [0, 0.1) is 5.41 Å². The summed E-state index contributed by atoms with van der Waals surface area (Å²) in [5.41, 5.74) is -0.991. The number of allylic oxidation sites excluding steroid dienone is 2. The van der Waals surface area contributed by atoms with Crippen molar-refractivity contribution in [1.29, 1.82) is 0 Å². The van der Waals surface area contributed by atoms with E-state index in [0.717, 1.165) is 51.4 Å². The highest BCUT2D eigenvalue weighted by Crippen LogP contribution is 2.45. The second kappa shape index (κ2) is 6.50. The summed E-state index contributed by atoms with van der Waals surface area (Å²) in [7, 11) is 0. The zero-order valence-corrected chi connectivity index (χ0v) is 14.0. The maximum atomic E-state index is 13.3. The van der Waals surface area contributed by atoms with Gasteiger partial charge in [-0.05, 0) is 38.5 Å². The van der Waals surface area contributed by atoms with Gasteiger partial charge in [0.25, 0.3) is 11.8 Å². The number of amides is 2. The Kier molecular flexibility index (Phi) is 4.60. The van der Waals surface area contributed by atoms with Gasteiger partial charge in [0, 0.05) is 0 Å². The second-order valence-electron chi connectivity index (χ2n) is 7.24. The molecule has 4 nitrogen and oxygen atoms in total. The van der Waals surface area contributed by atoms with E-state index in [4.69, 9.17) is 0 Å². The van der Waals surface area contributed by atoms with Crippen LogP contribution in [0.25, 0.3) is 0 Å². The van der Waals surface area contributed by atoms with Crippen LogP contribution in [-0.4, -0.2) is 33.9 Å². The SMILES string of the molecule is C=CCC1(CC=C)C(=O)N(C2CCCC2)N(C2CCCC2)C1=O. The zero-order valence-electron chi connectivity index (χ0n) is 14.0. The lowest BCUT2D eigenvalue weighted by atomic mass is 9.80. The molecule has 0 atom stereocenters. The van der Waals surface area contributed by atoms with Crippen LogP contribution in [-0.2, 0) is 9.59 Å². The smallest absolute Gasteiger partial charge is 0.257 e. The number of rotatable bonds is 6. The largest absolute Gasteiger partial charge is 0.272 e. The number of hydrogen-bond donors (Lipinski definition) is 0. The van der Waals surface area contributed by atoms with Crippen LogP contribution < -0.4 is 0 Å². The fourth-order valence-corrected chi connectivity index (χ4v) is 4.63. The van der Waals surface area contributed by atoms with Gasteiger partial charge in [0.2, 0.25) is 0 Å². The summed E-state index contributed by atoms with van der Waals surface area (Å²) >= 11 is 0. The molecule has 1 aliphatic heterocycles. The molecule has 126 valence electrons. The first kappa shape index (κ1) is 16.3. The molecule has 3 fully saturated rings. The highest BCUT2D eigenvalue weighted by atomic mass is 16.2. The number of carbonyl (C=O) groups excluding carboxylic acids is 2. The Morgan fingerprint density at radius 1 is 0.826 bits per heavy atom. The number of hydrazine groups is 1. The monoisotopic (exact) mass is 316 g/mol. The lowest BCUT2D eigenvalue weighted by molar-refractivity contribution is -0.157. The van der Waals surface area contributed by atoms with Crippen LogP contribution >= 0.6 is 0 Å². The normalized spacial score (nSPS) is 25.6. The third kappa shape index (κ3) is 2.52. The van der Waals surface area contributed by atoms with E-state index in [1.807, 2.05) is 10.0 Å². The fraction of sp³-hybridized carbons (Fsp3) is 0.684. The summed E-state index contributed by atoms with van der Waals surface area (Å²) < 4.78 is 0. The Labute approximate surface area is 139 Å². The fourth-order valence-electron chi connectivity index (χ4n) is 4.63.